The zero-order chi connectivity index (χ0) is 22.9. The van der Waals surface area contributed by atoms with E-state index in [0.717, 1.165) is 0 Å². The molecule has 10 heteroatoms. The fourth-order valence-corrected chi connectivity index (χ4v) is 3.49. The van der Waals surface area contributed by atoms with Crippen LogP contribution in [0, 0.1) is 11.3 Å². The van der Waals surface area contributed by atoms with Crippen LogP contribution in [0.25, 0.3) is 11.0 Å². The largest absolute Gasteiger partial charge is 0.467 e. The first kappa shape index (κ1) is 22.1. The molecule has 0 unspecified atom stereocenters. The molecule has 1 atom stereocenters. The molecule has 164 valence electrons. The first-order valence-electron chi connectivity index (χ1n) is 9.79. The van der Waals surface area contributed by atoms with Crippen LogP contribution >= 0.6 is 0 Å². The first-order chi connectivity index (χ1) is 14.6. The van der Waals surface area contributed by atoms with Crippen molar-refractivity contribution in [2.75, 3.05) is 31.6 Å². The van der Waals surface area contributed by atoms with Crippen molar-refractivity contribution in [1.29, 1.82) is 5.26 Å². The number of nitrogens with zero attached hydrogens (tertiary/aromatic N) is 5. The maximum atomic E-state index is 12.7. The van der Waals surface area contributed by atoms with Crippen LogP contribution in [0.15, 0.2) is 23.0 Å². The fourth-order valence-electron chi connectivity index (χ4n) is 3.49. The van der Waals surface area contributed by atoms with Crippen LogP contribution in [0.1, 0.15) is 26.5 Å². The van der Waals surface area contributed by atoms with Gasteiger partial charge in [0.1, 0.15) is 22.9 Å². The molecule has 0 bridgehead atoms. The molecule has 0 radical (unpaired) electrons. The van der Waals surface area contributed by atoms with Crippen LogP contribution < -0.4 is 10.5 Å². The number of ether oxygens (including phenoxy) is 2. The predicted octanol–water partition coefficient (Wildman–Crippen LogP) is 1.40. The third kappa shape index (κ3) is 4.45. The second-order valence-corrected chi connectivity index (χ2v) is 8.26. The standard InChI is InChI=1S/C21H25N5O5/c1-21(2,3)31-20(29)26-9-8-25(12-16(26)19(28)30-5)15-10-17(27)24(4)14-7-6-13(11-22)23-18(14)15/h6-7,10,16H,8-9,12H2,1-5H3/t16-/m0/s1. The SMILES string of the molecule is COC(=O)[C@@H]1CN(c2cc(=O)n(C)c3ccc(C#N)nc23)CCN1C(=O)OC(C)(C)C. The molecule has 0 N–H and O–H groups in total. The van der Waals surface area contributed by atoms with Crippen LogP contribution in [0.5, 0.6) is 0 Å². The van der Waals surface area contributed by atoms with E-state index in [0.29, 0.717) is 23.3 Å². The lowest BCUT2D eigenvalue weighted by Gasteiger charge is -2.41. The van der Waals surface area contributed by atoms with Gasteiger partial charge >= 0.3 is 12.1 Å². The summed E-state index contributed by atoms with van der Waals surface area (Å²) in [6, 6.07) is 5.72. The predicted molar refractivity (Wildman–Crippen MR) is 113 cm³/mol. The maximum absolute atomic E-state index is 12.7. The monoisotopic (exact) mass is 427 g/mol. The molecule has 31 heavy (non-hydrogen) atoms. The number of rotatable bonds is 2. The highest BCUT2D eigenvalue weighted by molar-refractivity contribution is 5.90. The number of carbonyl (C=O) groups is 2. The summed E-state index contributed by atoms with van der Waals surface area (Å²) in [6.45, 7) is 5.86. The van der Waals surface area contributed by atoms with Gasteiger partial charge in [-0.25, -0.2) is 14.6 Å². The topological polar surface area (TPSA) is 118 Å². The van der Waals surface area contributed by atoms with Crippen molar-refractivity contribution in [3.63, 3.8) is 0 Å². The number of hydrogen-bond acceptors (Lipinski definition) is 8. The van der Waals surface area contributed by atoms with Gasteiger partial charge in [0.2, 0.25) is 0 Å². The van der Waals surface area contributed by atoms with Gasteiger partial charge in [-0.3, -0.25) is 9.69 Å². The number of methoxy groups -OCH3 is 1. The lowest BCUT2D eigenvalue weighted by Crippen LogP contribution is -2.59. The van der Waals surface area contributed by atoms with E-state index >= 15 is 0 Å². The van der Waals surface area contributed by atoms with Crippen LogP contribution in [0.3, 0.4) is 0 Å². The van der Waals surface area contributed by atoms with Crippen molar-refractivity contribution in [3.8, 4) is 6.07 Å². The third-order valence-corrected chi connectivity index (χ3v) is 5.01. The first-order valence-corrected chi connectivity index (χ1v) is 9.79. The highest BCUT2D eigenvalue weighted by Crippen LogP contribution is 2.27. The minimum atomic E-state index is -0.924. The fraction of sp³-hybridized carbons (Fsp3) is 0.476. The molecule has 3 heterocycles. The summed E-state index contributed by atoms with van der Waals surface area (Å²) in [5.74, 6) is -0.589. The Labute approximate surface area is 179 Å². The number of aryl methyl sites for hydroxylation is 1. The molecule has 1 aliphatic rings. The molecule has 0 aromatic carbocycles. The molecule has 0 aliphatic carbocycles. The Morgan fingerprint density at radius 3 is 2.58 bits per heavy atom. The van der Waals surface area contributed by atoms with Gasteiger partial charge in [-0.1, -0.05) is 0 Å². The van der Waals surface area contributed by atoms with Crippen LogP contribution in [0.2, 0.25) is 0 Å². The Hall–Kier alpha value is -3.61. The molecular weight excluding hydrogens is 402 g/mol. The molecule has 1 fully saturated rings. The maximum Gasteiger partial charge on any atom is 0.411 e. The number of carbonyl (C=O) groups excluding carboxylic acids is 2. The molecule has 10 nitrogen and oxygen atoms in total. The number of esters is 1. The minimum absolute atomic E-state index is 0.0899. The summed E-state index contributed by atoms with van der Waals surface area (Å²) in [5, 5.41) is 9.24. The summed E-state index contributed by atoms with van der Waals surface area (Å²) in [4.78, 5) is 45.2. The number of nitriles is 1. The molecule has 3 rings (SSSR count). The van der Waals surface area contributed by atoms with Crippen molar-refractivity contribution in [2.45, 2.75) is 32.4 Å². The number of anilines is 1. The smallest absolute Gasteiger partial charge is 0.411 e. The van der Waals surface area contributed by atoms with Gasteiger partial charge in [0.25, 0.3) is 5.56 Å². The summed E-state index contributed by atoms with van der Waals surface area (Å²) in [6.07, 6.45) is -0.610. The highest BCUT2D eigenvalue weighted by atomic mass is 16.6. The van der Waals surface area contributed by atoms with Gasteiger partial charge in [0.15, 0.2) is 6.04 Å². The van der Waals surface area contributed by atoms with Gasteiger partial charge in [-0.05, 0) is 32.9 Å². The van der Waals surface area contributed by atoms with E-state index in [-0.39, 0.29) is 24.3 Å². The van der Waals surface area contributed by atoms with Crippen LogP contribution in [-0.4, -0.2) is 64.9 Å². The lowest BCUT2D eigenvalue weighted by atomic mass is 10.1. The zero-order valence-corrected chi connectivity index (χ0v) is 18.2. The van der Waals surface area contributed by atoms with Gasteiger partial charge in [0, 0.05) is 32.7 Å². The molecule has 0 spiro atoms. The van der Waals surface area contributed by atoms with Crippen molar-refractivity contribution in [1.82, 2.24) is 14.5 Å². The van der Waals surface area contributed by atoms with Crippen molar-refractivity contribution >= 4 is 28.8 Å². The van der Waals surface area contributed by atoms with Gasteiger partial charge in [0.05, 0.1) is 18.3 Å². The van der Waals surface area contributed by atoms with Crippen molar-refractivity contribution < 1.29 is 19.1 Å². The van der Waals surface area contributed by atoms with Crippen molar-refractivity contribution in [2.24, 2.45) is 7.05 Å². The second-order valence-electron chi connectivity index (χ2n) is 8.26. The molecule has 1 saturated heterocycles. The molecular formula is C21H25N5O5. The number of piperazine rings is 1. The van der Waals surface area contributed by atoms with Crippen LogP contribution in [0.4, 0.5) is 10.5 Å². The minimum Gasteiger partial charge on any atom is -0.467 e. The quantitative estimate of drug-likeness (QED) is 0.660. The Morgan fingerprint density at radius 2 is 1.97 bits per heavy atom. The molecule has 1 amide bonds. The van der Waals surface area contributed by atoms with E-state index < -0.39 is 23.7 Å². The van der Waals surface area contributed by atoms with E-state index in [1.165, 1.54) is 22.6 Å². The third-order valence-electron chi connectivity index (χ3n) is 5.01. The second kappa shape index (κ2) is 8.26. The number of fused-ring (bicyclic) bond motifs is 1. The number of aromatic nitrogens is 2. The highest BCUT2D eigenvalue weighted by Gasteiger charge is 2.39. The average molecular weight is 427 g/mol. The normalized spacial score (nSPS) is 16.7. The summed E-state index contributed by atoms with van der Waals surface area (Å²) in [5.41, 5.74) is 0.769. The zero-order valence-electron chi connectivity index (χ0n) is 18.2. The van der Waals surface area contributed by atoms with Gasteiger partial charge in [-0.15, -0.1) is 0 Å². The molecule has 0 saturated carbocycles. The Kier molecular flexibility index (Phi) is 5.88. The van der Waals surface area contributed by atoms with Crippen LogP contribution in [-0.2, 0) is 21.3 Å². The van der Waals surface area contributed by atoms with Gasteiger partial charge < -0.3 is 18.9 Å². The lowest BCUT2D eigenvalue weighted by molar-refractivity contribution is -0.147. The number of amides is 1. The van der Waals surface area contributed by atoms with E-state index in [1.807, 2.05) is 6.07 Å². The van der Waals surface area contributed by atoms with E-state index in [1.54, 1.807) is 44.9 Å². The molecule has 1 aliphatic heterocycles. The van der Waals surface area contributed by atoms with Gasteiger partial charge in [-0.2, -0.15) is 5.26 Å². The molecule has 2 aromatic rings. The Morgan fingerprint density at radius 1 is 1.26 bits per heavy atom. The Balaban J connectivity index is 2.02. The number of pyridine rings is 2. The molecule has 2 aromatic heterocycles. The Bertz CT molecular complexity index is 1130. The summed E-state index contributed by atoms with van der Waals surface area (Å²) >= 11 is 0. The van der Waals surface area contributed by atoms with Crippen molar-refractivity contribution in [3.05, 3.63) is 34.2 Å². The summed E-state index contributed by atoms with van der Waals surface area (Å²) < 4.78 is 11.8. The van der Waals surface area contributed by atoms with E-state index in [2.05, 4.69) is 4.98 Å². The van der Waals surface area contributed by atoms with E-state index in [9.17, 15) is 19.6 Å². The average Bonchev–Trinajstić information content (AvgIpc) is 2.73. The number of hydrogen-bond donors (Lipinski definition) is 0. The summed E-state index contributed by atoms with van der Waals surface area (Å²) in [7, 11) is 2.88. The van der Waals surface area contributed by atoms with E-state index in [4.69, 9.17) is 9.47 Å².